The van der Waals surface area contributed by atoms with Gasteiger partial charge in [0.25, 0.3) is 5.91 Å². The quantitative estimate of drug-likeness (QED) is 0.382. The lowest BCUT2D eigenvalue weighted by molar-refractivity contribution is -0.117. The minimum atomic E-state index is -0.716. The zero-order valence-corrected chi connectivity index (χ0v) is 19.0. The highest BCUT2D eigenvalue weighted by Gasteiger charge is 2.25. The van der Waals surface area contributed by atoms with Crippen molar-refractivity contribution in [1.29, 1.82) is 10.5 Å². The van der Waals surface area contributed by atoms with E-state index < -0.39 is 11.7 Å². The summed E-state index contributed by atoms with van der Waals surface area (Å²) in [6.07, 6.45) is 8.43. The average molecular weight is 471 g/mol. The second kappa shape index (κ2) is 10.1. The summed E-state index contributed by atoms with van der Waals surface area (Å²) >= 11 is 0. The van der Waals surface area contributed by atoms with E-state index in [0.717, 1.165) is 24.6 Å². The largest absolute Gasteiger partial charge is 0.494 e. The molecule has 0 aliphatic heterocycles. The summed E-state index contributed by atoms with van der Waals surface area (Å²) in [6.45, 7) is -0.0678. The number of rotatable bonds is 8. The molecule has 3 aromatic rings. The van der Waals surface area contributed by atoms with Crippen molar-refractivity contribution in [2.24, 2.45) is 10.7 Å². The van der Waals surface area contributed by atoms with E-state index in [9.17, 15) is 19.7 Å². The number of nitriles is 2. The predicted octanol–water partition coefficient (Wildman–Crippen LogP) is 2.83. The molecule has 1 aliphatic rings. The number of carbonyl (C=O) groups excluding carboxylic acids is 1. The molecule has 1 aromatic carbocycles. The molecule has 35 heavy (non-hydrogen) atoms. The fourth-order valence-electron chi connectivity index (χ4n) is 3.69. The summed E-state index contributed by atoms with van der Waals surface area (Å²) in [7, 11) is 1.31. The number of ether oxygens (including phenoxy) is 1. The number of methoxy groups -OCH3 is 1. The molecule has 0 atom stereocenters. The molecular formula is C25H22FN7O2. The van der Waals surface area contributed by atoms with E-state index in [-0.39, 0.29) is 35.5 Å². The minimum Gasteiger partial charge on any atom is -0.494 e. The highest BCUT2D eigenvalue weighted by Crippen LogP contribution is 2.40. The number of aromatic nitrogens is 2. The van der Waals surface area contributed by atoms with Crippen LogP contribution in [0.15, 0.2) is 47.4 Å². The number of nitrogens with one attached hydrogen (secondary N) is 1. The van der Waals surface area contributed by atoms with Gasteiger partial charge >= 0.3 is 0 Å². The van der Waals surface area contributed by atoms with Crippen LogP contribution in [0.4, 0.5) is 4.39 Å². The van der Waals surface area contributed by atoms with Crippen LogP contribution in [0.25, 0.3) is 5.65 Å². The van der Waals surface area contributed by atoms with Crippen LogP contribution < -0.4 is 15.8 Å². The Morgan fingerprint density at radius 2 is 2.11 bits per heavy atom. The number of amides is 1. The Labute approximate surface area is 201 Å². The number of hydrogen-bond donors (Lipinski definition) is 2. The predicted molar refractivity (Wildman–Crippen MR) is 126 cm³/mol. The number of imidazole rings is 1. The van der Waals surface area contributed by atoms with E-state index in [1.165, 1.54) is 25.5 Å². The summed E-state index contributed by atoms with van der Waals surface area (Å²) in [5, 5.41) is 21.3. The van der Waals surface area contributed by atoms with Gasteiger partial charge < -0.3 is 20.2 Å². The molecule has 0 bridgehead atoms. The summed E-state index contributed by atoms with van der Waals surface area (Å²) in [5.41, 5.74) is 8.56. The summed E-state index contributed by atoms with van der Waals surface area (Å²) in [6, 6.07) is 8.75. The lowest BCUT2D eigenvalue weighted by Crippen LogP contribution is -2.26. The topological polar surface area (TPSA) is 142 Å². The number of benzene rings is 1. The van der Waals surface area contributed by atoms with Gasteiger partial charge in [-0.15, -0.1) is 0 Å². The summed E-state index contributed by atoms with van der Waals surface area (Å²) in [4.78, 5) is 21.3. The van der Waals surface area contributed by atoms with Crippen molar-refractivity contribution in [3.05, 3.63) is 76.1 Å². The molecule has 1 amide bonds. The zero-order valence-electron chi connectivity index (χ0n) is 19.0. The Kier molecular flexibility index (Phi) is 6.74. The van der Waals surface area contributed by atoms with Gasteiger partial charge in [0, 0.05) is 36.9 Å². The molecule has 176 valence electrons. The first-order valence-electron chi connectivity index (χ1n) is 10.9. The van der Waals surface area contributed by atoms with E-state index in [1.54, 1.807) is 6.20 Å². The number of hydrogen-bond acceptors (Lipinski definition) is 7. The highest BCUT2D eigenvalue weighted by atomic mass is 19.1. The minimum absolute atomic E-state index is 0.0112. The van der Waals surface area contributed by atoms with Crippen LogP contribution in [0.3, 0.4) is 0 Å². The fraction of sp³-hybridized carbons (Fsp3) is 0.240. The smallest absolute Gasteiger partial charge is 0.254 e. The maximum Gasteiger partial charge on any atom is 0.254 e. The molecule has 0 saturated heterocycles. The third kappa shape index (κ3) is 4.97. The van der Waals surface area contributed by atoms with Crippen molar-refractivity contribution in [3.8, 4) is 17.9 Å². The van der Waals surface area contributed by atoms with Gasteiger partial charge in [-0.05, 0) is 42.5 Å². The molecule has 9 nitrogen and oxygen atoms in total. The van der Waals surface area contributed by atoms with Crippen LogP contribution >= 0.6 is 0 Å². The van der Waals surface area contributed by atoms with Crippen molar-refractivity contribution in [1.82, 2.24) is 14.7 Å². The fourth-order valence-corrected chi connectivity index (χ4v) is 3.69. The molecule has 1 aliphatic carbocycles. The Morgan fingerprint density at radius 1 is 1.34 bits per heavy atom. The Morgan fingerprint density at radius 3 is 2.77 bits per heavy atom. The van der Waals surface area contributed by atoms with Gasteiger partial charge in [0.2, 0.25) is 0 Å². The summed E-state index contributed by atoms with van der Waals surface area (Å²) < 4.78 is 21.3. The van der Waals surface area contributed by atoms with Gasteiger partial charge in [-0.25, -0.2) is 9.37 Å². The first kappa shape index (κ1) is 23.5. The SMILES string of the molecule is COc1ccc(C#N)c(CNC(=O)/C(C=NCc2cn3cc(C4CC4)cc(C#N)c3n2)=C/N)c1F. The van der Waals surface area contributed by atoms with Gasteiger partial charge in [-0.2, -0.15) is 10.5 Å². The number of nitrogens with two attached hydrogens (primary N) is 1. The van der Waals surface area contributed by atoms with Crippen molar-refractivity contribution in [2.75, 3.05) is 7.11 Å². The first-order valence-corrected chi connectivity index (χ1v) is 10.9. The van der Waals surface area contributed by atoms with Crippen LogP contribution in [0, 0.1) is 28.5 Å². The lowest BCUT2D eigenvalue weighted by Gasteiger charge is -2.11. The number of carbonyl (C=O) groups is 1. The maximum atomic E-state index is 14.5. The lowest BCUT2D eigenvalue weighted by atomic mass is 10.1. The maximum absolute atomic E-state index is 14.5. The van der Waals surface area contributed by atoms with Crippen LogP contribution in [0.5, 0.6) is 5.75 Å². The summed E-state index contributed by atoms with van der Waals surface area (Å²) in [5.74, 6) is -0.827. The molecular weight excluding hydrogens is 449 g/mol. The Balaban J connectivity index is 1.44. The molecule has 10 heteroatoms. The third-order valence-corrected chi connectivity index (χ3v) is 5.69. The second-order valence-corrected chi connectivity index (χ2v) is 8.03. The molecule has 0 spiro atoms. The van der Waals surface area contributed by atoms with Gasteiger partial charge in [-0.1, -0.05) is 0 Å². The molecule has 0 radical (unpaired) electrons. The zero-order chi connectivity index (χ0) is 24.9. The number of fused-ring (bicyclic) bond motifs is 1. The highest BCUT2D eigenvalue weighted by molar-refractivity contribution is 6.12. The van der Waals surface area contributed by atoms with Gasteiger partial charge in [-0.3, -0.25) is 9.79 Å². The molecule has 1 fully saturated rings. The molecule has 2 aromatic heterocycles. The van der Waals surface area contributed by atoms with E-state index >= 15 is 0 Å². The van der Waals surface area contributed by atoms with E-state index in [4.69, 9.17) is 10.5 Å². The van der Waals surface area contributed by atoms with E-state index in [1.807, 2.05) is 22.7 Å². The van der Waals surface area contributed by atoms with E-state index in [0.29, 0.717) is 22.8 Å². The number of pyridine rings is 1. The van der Waals surface area contributed by atoms with Crippen molar-refractivity contribution in [2.45, 2.75) is 31.8 Å². The van der Waals surface area contributed by atoms with Crippen LogP contribution in [-0.2, 0) is 17.9 Å². The van der Waals surface area contributed by atoms with Gasteiger partial charge in [0.15, 0.2) is 17.2 Å². The Hall–Kier alpha value is -4.70. The number of aliphatic imine (C=N–C) groups is 1. The van der Waals surface area contributed by atoms with Crippen molar-refractivity contribution in [3.63, 3.8) is 0 Å². The second-order valence-electron chi connectivity index (χ2n) is 8.03. The first-order chi connectivity index (χ1) is 17.0. The van der Waals surface area contributed by atoms with Crippen LogP contribution in [0.2, 0.25) is 0 Å². The normalized spacial score (nSPS) is 13.5. The van der Waals surface area contributed by atoms with Crippen molar-refractivity contribution >= 4 is 17.8 Å². The number of nitrogens with zero attached hydrogens (tertiary/aromatic N) is 5. The average Bonchev–Trinajstić information content (AvgIpc) is 3.64. The standard InChI is InChI=1S/C25H22FN7O2/c1-35-22-5-4-16(7-27)21(23(22)26)12-31-25(34)19(9-29)10-30-11-20-14-33-13-18(15-2-3-15)6-17(8-28)24(33)32-20/h4-6,9-10,13-15H,2-3,11-12,29H2,1H3,(H,31,34)/b19-9+,30-10?. The van der Waals surface area contributed by atoms with Crippen molar-refractivity contribution < 1.29 is 13.9 Å². The van der Waals surface area contributed by atoms with E-state index in [2.05, 4.69) is 21.4 Å². The number of halogens is 1. The molecule has 4 rings (SSSR count). The molecule has 1 saturated carbocycles. The molecule has 3 N–H and O–H groups in total. The van der Waals surface area contributed by atoms with Gasteiger partial charge in [0.1, 0.15) is 6.07 Å². The monoisotopic (exact) mass is 471 g/mol. The molecule has 0 unspecified atom stereocenters. The Bertz CT molecular complexity index is 1440. The van der Waals surface area contributed by atoms with Gasteiger partial charge in [0.05, 0.1) is 42.1 Å². The third-order valence-electron chi connectivity index (χ3n) is 5.69. The van der Waals surface area contributed by atoms with Crippen LogP contribution in [-0.4, -0.2) is 28.6 Å². The van der Waals surface area contributed by atoms with Crippen LogP contribution in [0.1, 0.15) is 46.7 Å². The molecule has 2 heterocycles.